The van der Waals surface area contributed by atoms with Crippen LogP contribution in [-0.4, -0.2) is 108 Å². The number of hydrogen-bond acceptors (Lipinski definition) is 9. The van der Waals surface area contributed by atoms with E-state index in [9.17, 15) is 0 Å². The fourth-order valence-electron chi connectivity index (χ4n) is 0. The van der Waals surface area contributed by atoms with Crippen molar-refractivity contribution < 1.29 is 53.1 Å². The van der Waals surface area contributed by atoms with Gasteiger partial charge >= 0.3 is 80.8 Å². The van der Waals surface area contributed by atoms with Gasteiger partial charge < -0.3 is 53.1 Å². The Kier molecular flexibility index (Phi) is 174. The molecule has 0 saturated heterocycles. The van der Waals surface area contributed by atoms with Crippen molar-refractivity contribution in [1.29, 1.82) is 0 Å². The molecule has 0 aromatic carbocycles. The molecule has 88 valence electrons. The average Bonchev–Trinajstić information content (AvgIpc) is 1.54. The zero-order valence-electron chi connectivity index (χ0n) is 8.56. The molecule has 0 aliphatic rings. The van der Waals surface area contributed by atoms with Crippen molar-refractivity contribution in [2.45, 2.75) is 0 Å². The molecule has 0 aliphatic carbocycles. The van der Waals surface area contributed by atoms with Crippen LogP contribution in [0.25, 0.3) is 0 Å². The van der Waals surface area contributed by atoms with Crippen molar-refractivity contribution in [3.8, 4) is 0 Å². The van der Waals surface area contributed by atoms with E-state index in [0.29, 0.717) is 0 Å². The maximum atomic E-state index is 8.52. The van der Waals surface area contributed by atoms with Crippen LogP contribution in [0, 0.1) is 0 Å². The molecule has 0 aromatic rings. The Balaban J connectivity index is -0.00000000827. The van der Waals surface area contributed by atoms with Gasteiger partial charge in [-0.2, -0.15) is 0 Å². The Morgan fingerprint density at radius 1 is 0.500 bits per heavy atom. The standard InChI is InChI=1S/2Al.2Mg.3O3Si.2O/c;;;;3*1-4(2)3;;/q2*+3;2*+2;5*-2. The molecule has 0 spiro atoms. The molecule has 0 aliphatic heterocycles. The van der Waals surface area contributed by atoms with E-state index < -0.39 is 27.5 Å². The first-order valence-corrected chi connectivity index (χ1v) is 5.51. The van der Waals surface area contributed by atoms with Crippen LogP contribution in [-0.2, 0) is 24.3 Å². The first-order chi connectivity index (χ1) is 5.20. The fraction of sp³-hybridized carbons (Fsp3) is 0. The normalized spacial score (nSPS) is 4.00. The summed E-state index contributed by atoms with van der Waals surface area (Å²) < 4.78 is 25.6. The van der Waals surface area contributed by atoms with Crippen LogP contribution < -0.4 is 28.8 Å². The molecule has 11 nitrogen and oxygen atoms in total. The van der Waals surface area contributed by atoms with Crippen molar-refractivity contribution in [2.24, 2.45) is 0 Å². The monoisotopic (exact) mass is 362 g/mol. The summed E-state index contributed by atoms with van der Waals surface area (Å²) in [6, 6.07) is 0. The molecule has 18 heteroatoms. The van der Waals surface area contributed by atoms with Gasteiger partial charge in [0.05, 0.1) is 0 Å². The van der Waals surface area contributed by atoms with Gasteiger partial charge in [-0.3, -0.25) is 0 Å². The van der Waals surface area contributed by atoms with E-state index in [1.807, 2.05) is 0 Å². The summed E-state index contributed by atoms with van der Waals surface area (Å²) in [5.74, 6) is 0. The zero-order valence-corrected chi connectivity index (χ0v) is 16.7. The summed E-state index contributed by atoms with van der Waals surface area (Å²) in [6.45, 7) is 0. The summed E-state index contributed by atoms with van der Waals surface area (Å²) in [4.78, 5) is 51.1. The summed E-state index contributed by atoms with van der Waals surface area (Å²) in [5.41, 5.74) is 0. The SMILES string of the molecule is O=[Si]([O-])[O-].O=[Si]([O-])[O-].O=[Si]([O-])[O-].[Al+3].[Al+3].[Mg+2].[Mg+2].[O-2].[O-2]. The third-order valence-electron chi connectivity index (χ3n) is 0. The third-order valence-corrected chi connectivity index (χ3v) is 0. The van der Waals surface area contributed by atoms with Crippen LogP contribution in [0.4, 0.5) is 0 Å². The van der Waals surface area contributed by atoms with Gasteiger partial charge in [0, 0.05) is 27.5 Å². The summed E-state index contributed by atoms with van der Waals surface area (Å²) >= 11 is 0. The van der Waals surface area contributed by atoms with Gasteiger partial charge in [-0.1, -0.05) is 0 Å². The first kappa shape index (κ1) is 60.8. The molecule has 0 amide bonds. The topological polar surface area (TPSA) is 247 Å². The second-order valence-electron chi connectivity index (χ2n) is 0.750. The largest absolute Gasteiger partial charge is 3.00 e. The molecule has 0 N–H and O–H groups in total. The minimum atomic E-state index is -3.63. The molecular weight excluding hydrogens is 363 g/mol. The summed E-state index contributed by atoms with van der Waals surface area (Å²) in [7, 11) is -10.9. The Hall–Kier alpha value is 1.37. The van der Waals surface area contributed by atoms with E-state index in [1.165, 1.54) is 0 Å². The second-order valence-corrected chi connectivity index (χ2v) is 2.25. The Labute approximate surface area is 160 Å². The van der Waals surface area contributed by atoms with Crippen molar-refractivity contribution in [1.82, 2.24) is 0 Å². The number of rotatable bonds is 0. The smallest absolute Gasteiger partial charge is 2.00 e. The van der Waals surface area contributed by atoms with E-state index in [4.69, 9.17) is 42.2 Å². The Morgan fingerprint density at radius 2 is 0.500 bits per heavy atom. The van der Waals surface area contributed by atoms with Crippen molar-refractivity contribution >= 4 is 108 Å². The van der Waals surface area contributed by atoms with Gasteiger partial charge in [0.2, 0.25) is 0 Å². The summed E-state index contributed by atoms with van der Waals surface area (Å²) in [6.07, 6.45) is 0. The Morgan fingerprint density at radius 3 is 0.500 bits per heavy atom. The third kappa shape index (κ3) is 2490. The van der Waals surface area contributed by atoms with Crippen LogP contribution in [0.2, 0.25) is 0 Å². The fourth-order valence-corrected chi connectivity index (χ4v) is 0. The Bertz CT molecular complexity index is 126. The predicted molar refractivity (Wildman–Crippen MR) is 43.7 cm³/mol. The molecule has 0 saturated carbocycles. The molecule has 0 unspecified atom stereocenters. The minimum absolute atomic E-state index is 0. The summed E-state index contributed by atoms with van der Waals surface area (Å²) in [5, 5.41) is 0. The van der Waals surface area contributed by atoms with Gasteiger partial charge in [-0.25, -0.2) is 0 Å². The van der Waals surface area contributed by atoms with E-state index in [-0.39, 0.29) is 91.8 Å². The van der Waals surface area contributed by atoms with Crippen molar-refractivity contribution in [3.05, 3.63) is 0 Å². The molecule has 0 rings (SSSR count). The predicted octanol–water partition coefficient (Wildman–Crippen LogP) is -10.4. The van der Waals surface area contributed by atoms with E-state index >= 15 is 0 Å². The van der Waals surface area contributed by atoms with Gasteiger partial charge in [0.15, 0.2) is 0 Å². The van der Waals surface area contributed by atoms with Crippen LogP contribution in [0.1, 0.15) is 0 Å². The zero-order chi connectivity index (χ0) is 10.7. The van der Waals surface area contributed by atoms with E-state index in [0.717, 1.165) is 0 Å². The van der Waals surface area contributed by atoms with Crippen LogP contribution >= 0.6 is 0 Å². The van der Waals surface area contributed by atoms with Crippen molar-refractivity contribution in [2.75, 3.05) is 0 Å². The van der Waals surface area contributed by atoms with Crippen LogP contribution in [0.5, 0.6) is 0 Å². The first-order valence-electron chi connectivity index (χ1n) is 1.84. The van der Waals surface area contributed by atoms with Gasteiger partial charge in [-0.15, -0.1) is 0 Å². The average molecular weight is 363 g/mol. The van der Waals surface area contributed by atoms with Crippen LogP contribution in [0.15, 0.2) is 0 Å². The molecule has 0 fully saturated rings. The van der Waals surface area contributed by atoms with Crippen molar-refractivity contribution in [3.63, 3.8) is 0 Å². The van der Waals surface area contributed by atoms with E-state index in [2.05, 4.69) is 0 Å². The molecule has 0 aromatic heterocycles. The minimum Gasteiger partial charge on any atom is -2.00 e. The van der Waals surface area contributed by atoms with Crippen LogP contribution in [0.3, 0.4) is 0 Å². The molecule has 0 radical (unpaired) electrons. The maximum Gasteiger partial charge on any atom is 3.00 e. The van der Waals surface area contributed by atoms with Gasteiger partial charge in [0.1, 0.15) is 0 Å². The molecule has 0 atom stereocenters. The molecule has 18 heavy (non-hydrogen) atoms. The maximum absolute atomic E-state index is 8.52. The molecule has 0 heterocycles. The van der Waals surface area contributed by atoms with Gasteiger partial charge in [0.25, 0.3) is 0 Å². The molecular formula is Al2Mg2O11Si3. The quantitative estimate of drug-likeness (QED) is 0.370. The molecule has 0 bridgehead atoms. The van der Waals surface area contributed by atoms with E-state index in [1.54, 1.807) is 0 Å². The second kappa shape index (κ2) is 51.5. The number of hydrogen-bond donors (Lipinski definition) is 0. The van der Waals surface area contributed by atoms with Gasteiger partial charge in [-0.05, 0) is 0 Å².